The van der Waals surface area contributed by atoms with Crippen molar-refractivity contribution in [1.82, 2.24) is 0 Å². The highest BCUT2D eigenvalue weighted by Crippen LogP contribution is 2.30. The fourth-order valence-corrected chi connectivity index (χ4v) is 1.79. The van der Waals surface area contributed by atoms with Gasteiger partial charge in [-0.2, -0.15) is 0 Å². The zero-order valence-electron chi connectivity index (χ0n) is 9.36. The number of aromatic hydroxyl groups is 1. The fraction of sp³-hybridized carbons (Fsp3) is 0.0769. The van der Waals surface area contributed by atoms with Gasteiger partial charge in [0.15, 0.2) is 0 Å². The molecule has 0 heterocycles. The van der Waals surface area contributed by atoms with Crippen LogP contribution in [0.3, 0.4) is 0 Å². The highest BCUT2D eigenvalue weighted by atomic mass is 79.9. The van der Waals surface area contributed by atoms with E-state index in [1.165, 1.54) is 12.1 Å². The summed E-state index contributed by atoms with van der Waals surface area (Å²) in [5, 5.41) is 9.40. The predicted molar refractivity (Wildman–Crippen MR) is 71.0 cm³/mol. The Morgan fingerprint density at radius 1 is 1.28 bits per heavy atom. The van der Waals surface area contributed by atoms with E-state index in [1.54, 1.807) is 24.3 Å². The molecule has 0 atom stereocenters. The molecule has 2 rings (SSSR count). The Kier molecular flexibility index (Phi) is 3.72. The molecule has 3 N–H and O–H groups in total. The van der Waals surface area contributed by atoms with Crippen LogP contribution in [0.15, 0.2) is 40.9 Å². The Balaban J connectivity index is 2.14. The molecule has 2 aromatic rings. The SMILES string of the molecule is Nc1c(O)cccc1OCc1ccc(Br)cc1F. The molecule has 0 amide bonds. The Labute approximate surface area is 112 Å². The van der Waals surface area contributed by atoms with Crippen molar-refractivity contribution in [2.45, 2.75) is 6.61 Å². The number of hydrogen-bond donors (Lipinski definition) is 2. The van der Waals surface area contributed by atoms with Crippen LogP contribution in [0, 0.1) is 5.82 Å². The molecule has 0 fully saturated rings. The van der Waals surface area contributed by atoms with Crippen LogP contribution < -0.4 is 10.5 Å². The maximum absolute atomic E-state index is 13.5. The summed E-state index contributed by atoms with van der Waals surface area (Å²) in [6, 6.07) is 9.41. The van der Waals surface area contributed by atoms with Gasteiger partial charge in [-0.15, -0.1) is 0 Å². The first-order valence-electron chi connectivity index (χ1n) is 5.22. The van der Waals surface area contributed by atoms with Crippen LogP contribution in [-0.2, 0) is 6.61 Å². The summed E-state index contributed by atoms with van der Waals surface area (Å²) in [6.45, 7) is 0.0484. The standard InChI is InChI=1S/C13H11BrFNO2/c14-9-5-4-8(10(15)6-9)7-18-12-3-1-2-11(17)13(12)16/h1-6,17H,7,16H2. The van der Waals surface area contributed by atoms with E-state index in [1.807, 2.05) is 0 Å². The Morgan fingerprint density at radius 3 is 2.78 bits per heavy atom. The third kappa shape index (κ3) is 2.73. The molecule has 0 aliphatic rings. The predicted octanol–water partition coefficient (Wildman–Crippen LogP) is 3.46. The molecule has 0 spiro atoms. The molecular weight excluding hydrogens is 301 g/mol. The van der Waals surface area contributed by atoms with E-state index in [9.17, 15) is 9.50 Å². The molecule has 2 aromatic carbocycles. The van der Waals surface area contributed by atoms with Crippen molar-refractivity contribution in [2.75, 3.05) is 5.73 Å². The molecule has 0 aromatic heterocycles. The number of benzene rings is 2. The monoisotopic (exact) mass is 311 g/mol. The van der Waals surface area contributed by atoms with Crippen LogP contribution >= 0.6 is 15.9 Å². The number of phenols is 1. The summed E-state index contributed by atoms with van der Waals surface area (Å²) in [4.78, 5) is 0. The lowest BCUT2D eigenvalue weighted by molar-refractivity contribution is 0.300. The maximum atomic E-state index is 13.5. The minimum atomic E-state index is -0.358. The number of para-hydroxylation sites is 1. The zero-order valence-corrected chi connectivity index (χ0v) is 10.9. The van der Waals surface area contributed by atoms with Crippen LogP contribution in [0.5, 0.6) is 11.5 Å². The van der Waals surface area contributed by atoms with Gasteiger partial charge in [0.2, 0.25) is 0 Å². The van der Waals surface area contributed by atoms with Crippen LogP contribution in [-0.4, -0.2) is 5.11 Å². The van der Waals surface area contributed by atoms with Gasteiger partial charge in [-0.25, -0.2) is 4.39 Å². The minimum Gasteiger partial charge on any atom is -0.506 e. The minimum absolute atomic E-state index is 0.0484. The lowest BCUT2D eigenvalue weighted by atomic mass is 10.2. The van der Waals surface area contributed by atoms with Crippen molar-refractivity contribution in [1.29, 1.82) is 0 Å². The van der Waals surface area contributed by atoms with Crippen LogP contribution in [0.1, 0.15) is 5.56 Å². The number of hydrogen-bond acceptors (Lipinski definition) is 3. The van der Waals surface area contributed by atoms with Crippen molar-refractivity contribution in [2.24, 2.45) is 0 Å². The summed E-state index contributed by atoms with van der Waals surface area (Å²) >= 11 is 3.18. The van der Waals surface area contributed by atoms with Crippen molar-refractivity contribution >= 4 is 21.6 Å². The average molecular weight is 312 g/mol. The molecule has 5 heteroatoms. The van der Waals surface area contributed by atoms with Crippen molar-refractivity contribution in [3.8, 4) is 11.5 Å². The van der Waals surface area contributed by atoms with Crippen LogP contribution in [0.25, 0.3) is 0 Å². The quantitative estimate of drug-likeness (QED) is 0.674. The molecule has 0 saturated carbocycles. The summed E-state index contributed by atoms with van der Waals surface area (Å²) in [5.41, 5.74) is 6.20. The number of ether oxygens (including phenoxy) is 1. The molecule has 3 nitrogen and oxygen atoms in total. The molecule has 0 radical (unpaired) electrons. The smallest absolute Gasteiger partial charge is 0.146 e. The molecule has 94 valence electrons. The molecule has 0 saturated heterocycles. The second-order valence-corrected chi connectivity index (χ2v) is 4.63. The molecular formula is C13H11BrFNO2. The normalized spacial score (nSPS) is 10.3. The third-order valence-corrected chi connectivity index (χ3v) is 2.93. The van der Waals surface area contributed by atoms with Gasteiger partial charge in [-0.1, -0.05) is 28.1 Å². The van der Waals surface area contributed by atoms with Gasteiger partial charge in [-0.3, -0.25) is 0 Å². The van der Waals surface area contributed by atoms with E-state index in [2.05, 4.69) is 15.9 Å². The van der Waals surface area contributed by atoms with E-state index >= 15 is 0 Å². The summed E-state index contributed by atoms with van der Waals surface area (Å²) in [7, 11) is 0. The van der Waals surface area contributed by atoms with Crippen molar-refractivity contribution in [3.63, 3.8) is 0 Å². The van der Waals surface area contributed by atoms with Gasteiger partial charge in [0.25, 0.3) is 0 Å². The molecule has 0 unspecified atom stereocenters. The molecule has 18 heavy (non-hydrogen) atoms. The van der Waals surface area contributed by atoms with E-state index in [4.69, 9.17) is 10.5 Å². The number of rotatable bonds is 3. The Morgan fingerprint density at radius 2 is 2.06 bits per heavy atom. The molecule has 0 aliphatic carbocycles. The van der Waals surface area contributed by atoms with Gasteiger partial charge in [0.05, 0.1) is 0 Å². The van der Waals surface area contributed by atoms with E-state index in [-0.39, 0.29) is 23.9 Å². The van der Waals surface area contributed by atoms with Crippen molar-refractivity contribution in [3.05, 3.63) is 52.3 Å². The van der Waals surface area contributed by atoms with E-state index < -0.39 is 0 Å². The highest BCUT2D eigenvalue weighted by molar-refractivity contribution is 9.10. The van der Waals surface area contributed by atoms with Gasteiger partial charge in [0, 0.05) is 10.0 Å². The summed E-state index contributed by atoms with van der Waals surface area (Å²) in [6.07, 6.45) is 0. The summed E-state index contributed by atoms with van der Waals surface area (Å²) in [5.74, 6) is -0.0794. The fourth-order valence-electron chi connectivity index (χ4n) is 1.45. The van der Waals surface area contributed by atoms with Gasteiger partial charge in [-0.05, 0) is 24.3 Å². The molecule has 0 aliphatic heterocycles. The largest absolute Gasteiger partial charge is 0.506 e. The topological polar surface area (TPSA) is 55.5 Å². The first-order valence-corrected chi connectivity index (χ1v) is 6.01. The number of phenolic OH excluding ortho intramolecular Hbond substituents is 1. The average Bonchev–Trinajstić information content (AvgIpc) is 2.33. The number of halogens is 2. The maximum Gasteiger partial charge on any atom is 0.146 e. The van der Waals surface area contributed by atoms with Crippen molar-refractivity contribution < 1.29 is 14.2 Å². The second kappa shape index (κ2) is 5.27. The Hall–Kier alpha value is -1.75. The first kappa shape index (κ1) is 12.7. The number of nitrogen functional groups attached to an aromatic ring is 1. The third-order valence-electron chi connectivity index (χ3n) is 2.44. The number of anilines is 1. The van der Waals surface area contributed by atoms with Gasteiger partial charge in [0.1, 0.15) is 29.6 Å². The Bertz CT molecular complexity index is 575. The zero-order chi connectivity index (χ0) is 13.1. The van der Waals surface area contributed by atoms with Gasteiger partial charge >= 0.3 is 0 Å². The highest BCUT2D eigenvalue weighted by Gasteiger charge is 2.07. The number of nitrogens with two attached hydrogens (primary N) is 1. The lowest BCUT2D eigenvalue weighted by Crippen LogP contribution is -2.01. The van der Waals surface area contributed by atoms with E-state index in [0.29, 0.717) is 15.8 Å². The lowest BCUT2D eigenvalue weighted by Gasteiger charge is -2.10. The molecule has 0 bridgehead atoms. The van der Waals surface area contributed by atoms with Crippen LogP contribution in [0.4, 0.5) is 10.1 Å². The second-order valence-electron chi connectivity index (χ2n) is 3.71. The van der Waals surface area contributed by atoms with Crippen LogP contribution in [0.2, 0.25) is 0 Å². The first-order chi connectivity index (χ1) is 8.58. The van der Waals surface area contributed by atoms with E-state index in [0.717, 1.165) is 0 Å². The van der Waals surface area contributed by atoms with Gasteiger partial charge < -0.3 is 15.6 Å². The summed E-state index contributed by atoms with van der Waals surface area (Å²) < 4.78 is 19.6.